The zero-order chi connectivity index (χ0) is 19.5. The number of benzene rings is 2. The number of halogens is 1. The van der Waals surface area contributed by atoms with Crippen LogP contribution in [0.3, 0.4) is 0 Å². The van der Waals surface area contributed by atoms with Crippen molar-refractivity contribution in [1.29, 1.82) is 0 Å². The highest BCUT2D eigenvalue weighted by Crippen LogP contribution is 2.32. The number of hydrogen-bond acceptors (Lipinski definition) is 4. The second-order valence-electron chi connectivity index (χ2n) is 7.13. The smallest absolute Gasteiger partial charge is 0.251 e. The van der Waals surface area contributed by atoms with E-state index in [0.717, 1.165) is 41.7 Å². The minimum Gasteiger partial charge on any atom is -0.348 e. The number of aromatic amines is 1. The van der Waals surface area contributed by atoms with E-state index in [9.17, 15) is 4.79 Å². The zero-order valence-electron chi connectivity index (χ0n) is 15.6. The van der Waals surface area contributed by atoms with Gasteiger partial charge in [-0.1, -0.05) is 41.9 Å². The van der Waals surface area contributed by atoms with Gasteiger partial charge in [-0.3, -0.25) is 14.8 Å². The van der Waals surface area contributed by atoms with Crippen molar-refractivity contribution in [3.05, 3.63) is 82.4 Å². The van der Waals surface area contributed by atoms with Gasteiger partial charge in [0.25, 0.3) is 5.91 Å². The molecule has 0 unspecified atom stereocenters. The van der Waals surface area contributed by atoms with E-state index in [1.54, 1.807) is 0 Å². The third-order valence-electron chi connectivity index (χ3n) is 4.96. The number of carbonyl (C=O) groups is 1. The molecule has 1 saturated heterocycles. The largest absolute Gasteiger partial charge is 0.348 e. The van der Waals surface area contributed by atoms with Crippen molar-refractivity contribution in [1.82, 2.24) is 25.4 Å². The molecule has 1 aliphatic rings. The minimum absolute atomic E-state index is 0.0238. The molecule has 2 N–H and O–H groups in total. The first-order valence-electron chi connectivity index (χ1n) is 9.32. The van der Waals surface area contributed by atoms with E-state index in [1.165, 1.54) is 0 Å². The summed E-state index contributed by atoms with van der Waals surface area (Å²) in [5, 5.41) is 11.2. The first-order chi connectivity index (χ1) is 13.6. The molecule has 28 heavy (non-hydrogen) atoms. The highest BCUT2D eigenvalue weighted by Gasteiger charge is 2.36. The van der Waals surface area contributed by atoms with Gasteiger partial charge < -0.3 is 5.32 Å². The summed E-state index contributed by atoms with van der Waals surface area (Å²) < 4.78 is 0. The third-order valence-corrected chi connectivity index (χ3v) is 5.20. The summed E-state index contributed by atoms with van der Waals surface area (Å²) in [5.41, 5.74) is 1.79. The summed E-state index contributed by atoms with van der Waals surface area (Å²) in [7, 11) is 0. The second kappa shape index (κ2) is 8.12. The lowest BCUT2D eigenvalue weighted by atomic mass is 10.1. The van der Waals surface area contributed by atoms with Gasteiger partial charge in [0.1, 0.15) is 5.82 Å². The van der Waals surface area contributed by atoms with E-state index >= 15 is 0 Å². The summed E-state index contributed by atoms with van der Waals surface area (Å²) in [4.78, 5) is 19.4. The fraction of sp³-hybridized carbons (Fsp3) is 0.286. The molecule has 144 valence electrons. The van der Waals surface area contributed by atoms with E-state index < -0.39 is 0 Å². The highest BCUT2D eigenvalue weighted by atomic mass is 35.5. The first kappa shape index (κ1) is 18.7. The van der Waals surface area contributed by atoms with Gasteiger partial charge in [0, 0.05) is 29.7 Å². The Morgan fingerprint density at radius 1 is 1.25 bits per heavy atom. The summed E-state index contributed by atoms with van der Waals surface area (Å²) in [6.07, 6.45) is 0.760. The van der Waals surface area contributed by atoms with Gasteiger partial charge in [-0.05, 0) is 43.2 Å². The number of aromatic nitrogens is 3. The van der Waals surface area contributed by atoms with Crippen molar-refractivity contribution in [2.75, 3.05) is 6.54 Å². The predicted molar refractivity (Wildman–Crippen MR) is 108 cm³/mol. The number of likely N-dealkylation sites (tertiary alicyclic amines) is 1. The summed E-state index contributed by atoms with van der Waals surface area (Å²) in [6.45, 7) is 3.33. The van der Waals surface area contributed by atoms with Crippen LogP contribution in [-0.2, 0) is 6.54 Å². The molecule has 6 nitrogen and oxygen atoms in total. The number of rotatable bonds is 5. The monoisotopic (exact) mass is 395 g/mol. The number of hydrogen-bond donors (Lipinski definition) is 2. The van der Waals surface area contributed by atoms with Crippen LogP contribution >= 0.6 is 11.6 Å². The van der Waals surface area contributed by atoms with E-state index in [-0.39, 0.29) is 18.0 Å². The van der Waals surface area contributed by atoms with Crippen molar-refractivity contribution in [2.24, 2.45) is 0 Å². The number of carbonyl (C=O) groups excluding carboxylic acids is 1. The van der Waals surface area contributed by atoms with Crippen molar-refractivity contribution in [2.45, 2.75) is 32.0 Å². The maximum Gasteiger partial charge on any atom is 0.251 e. The van der Waals surface area contributed by atoms with Crippen LogP contribution in [0.2, 0.25) is 5.02 Å². The molecule has 1 aromatic heterocycles. The van der Waals surface area contributed by atoms with Crippen LogP contribution in [0.25, 0.3) is 0 Å². The van der Waals surface area contributed by atoms with Crippen LogP contribution in [-0.4, -0.2) is 38.6 Å². The Kier molecular flexibility index (Phi) is 5.41. The van der Waals surface area contributed by atoms with E-state index in [1.807, 2.05) is 55.5 Å². The number of amides is 1. The van der Waals surface area contributed by atoms with Crippen LogP contribution in [0.5, 0.6) is 0 Å². The summed E-state index contributed by atoms with van der Waals surface area (Å²) in [6, 6.07) is 17.2. The maximum atomic E-state index is 12.6. The third kappa shape index (κ3) is 4.24. The number of H-pyrrole nitrogens is 1. The molecule has 0 bridgehead atoms. The van der Waals surface area contributed by atoms with E-state index in [0.29, 0.717) is 5.56 Å². The molecule has 2 heterocycles. The van der Waals surface area contributed by atoms with Crippen LogP contribution in [0.15, 0.2) is 54.6 Å². The fourth-order valence-electron chi connectivity index (χ4n) is 3.69. The van der Waals surface area contributed by atoms with Gasteiger partial charge >= 0.3 is 0 Å². The SMILES string of the molecule is Cc1nc([C@@H]2C[C@H](NC(=O)c3ccccc3)CN2Cc2cccc(Cl)c2)n[nH]1. The molecule has 4 rings (SSSR count). The predicted octanol–water partition coefficient (Wildman–Crippen LogP) is 3.51. The zero-order valence-corrected chi connectivity index (χ0v) is 16.4. The Balaban J connectivity index is 1.52. The molecule has 0 spiro atoms. The molecule has 3 aromatic rings. The molecule has 0 aliphatic carbocycles. The molecule has 0 saturated carbocycles. The molecular formula is C21H22ClN5O. The number of nitrogens with zero attached hydrogens (tertiary/aromatic N) is 3. The standard InChI is InChI=1S/C21H22ClN5O/c1-14-23-20(26-25-14)19-11-18(24-21(28)16-7-3-2-4-8-16)13-27(19)12-15-6-5-9-17(22)10-15/h2-10,18-19H,11-13H2,1H3,(H,24,28)(H,23,25,26)/t18-,19-/m0/s1. The topological polar surface area (TPSA) is 73.9 Å². The molecular weight excluding hydrogens is 374 g/mol. The van der Waals surface area contributed by atoms with E-state index in [4.69, 9.17) is 11.6 Å². The molecule has 1 aliphatic heterocycles. The molecule has 2 atom stereocenters. The van der Waals surface area contributed by atoms with Crippen molar-refractivity contribution >= 4 is 17.5 Å². The second-order valence-corrected chi connectivity index (χ2v) is 7.56. The van der Waals surface area contributed by atoms with Gasteiger partial charge in [0.05, 0.1) is 6.04 Å². The molecule has 1 amide bonds. The van der Waals surface area contributed by atoms with E-state index in [2.05, 4.69) is 31.5 Å². The Hall–Kier alpha value is -2.70. The quantitative estimate of drug-likeness (QED) is 0.693. The minimum atomic E-state index is -0.0554. The maximum absolute atomic E-state index is 12.6. The van der Waals surface area contributed by atoms with Crippen LogP contribution in [0, 0.1) is 6.92 Å². The summed E-state index contributed by atoms with van der Waals surface area (Å²) >= 11 is 6.15. The Bertz CT molecular complexity index is 958. The van der Waals surface area contributed by atoms with Crippen LogP contribution in [0.1, 0.15) is 40.0 Å². The van der Waals surface area contributed by atoms with Crippen molar-refractivity contribution < 1.29 is 4.79 Å². The highest BCUT2D eigenvalue weighted by molar-refractivity contribution is 6.30. The van der Waals surface area contributed by atoms with Crippen molar-refractivity contribution in [3.8, 4) is 0 Å². The Labute approximate surface area is 168 Å². The van der Waals surface area contributed by atoms with Gasteiger partial charge in [-0.15, -0.1) is 0 Å². The van der Waals surface area contributed by atoms with Crippen LogP contribution < -0.4 is 5.32 Å². The number of nitrogens with one attached hydrogen (secondary N) is 2. The van der Waals surface area contributed by atoms with Crippen molar-refractivity contribution in [3.63, 3.8) is 0 Å². The Morgan fingerprint density at radius 2 is 2.07 bits per heavy atom. The van der Waals surface area contributed by atoms with Gasteiger partial charge in [-0.25, -0.2) is 4.98 Å². The lowest BCUT2D eigenvalue weighted by molar-refractivity contribution is 0.0937. The van der Waals surface area contributed by atoms with Gasteiger partial charge in [0.2, 0.25) is 0 Å². The molecule has 1 fully saturated rings. The average Bonchev–Trinajstić information content (AvgIpc) is 3.28. The summed E-state index contributed by atoms with van der Waals surface area (Å²) in [5.74, 6) is 1.49. The molecule has 0 radical (unpaired) electrons. The van der Waals surface area contributed by atoms with Gasteiger partial charge in [-0.2, -0.15) is 5.10 Å². The lowest BCUT2D eigenvalue weighted by Crippen LogP contribution is -2.37. The Morgan fingerprint density at radius 3 is 2.79 bits per heavy atom. The normalized spacial score (nSPS) is 19.6. The van der Waals surface area contributed by atoms with Gasteiger partial charge in [0.15, 0.2) is 5.82 Å². The first-order valence-corrected chi connectivity index (χ1v) is 9.69. The van der Waals surface area contributed by atoms with Crippen LogP contribution in [0.4, 0.5) is 0 Å². The fourth-order valence-corrected chi connectivity index (χ4v) is 3.90. The molecule has 7 heteroatoms. The molecule has 2 aromatic carbocycles. The lowest BCUT2D eigenvalue weighted by Gasteiger charge is -2.22. The number of aryl methyl sites for hydroxylation is 1. The average molecular weight is 396 g/mol.